The molecule has 0 radical (unpaired) electrons. The van der Waals surface area contributed by atoms with Crippen LogP contribution in [0.2, 0.25) is 5.15 Å². The number of rotatable bonds is 4. The molecule has 0 aliphatic rings. The molecular formula is C12H10ClN5O2. The van der Waals surface area contributed by atoms with Gasteiger partial charge in [0.2, 0.25) is 0 Å². The Morgan fingerprint density at radius 1 is 1.30 bits per heavy atom. The summed E-state index contributed by atoms with van der Waals surface area (Å²) < 4.78 is 0. The lowest BCUT2D eigenvalue weighted by molar-refractivity contribution is -0.384. The molecule has 0 atom stereocenters. The maximum atomic E-state index is 10.6. The van der Waals surface area contributed by atoms with Crippen LogP contribution in [-0.2, 0) is 0 Å². The molecule has 1 aromatic carbocycles. The normalized spacial score (nSPS) is 11.2. The Morgan fingerprint density at radius 2 is 1.95 bits per heavy atom. The number of benzene rings is 1. The molecule has 0 unspecified atom stereocenters. The smallest absolute Gasteiger partial charge is 0.259 e. The molecule has 7 nitrogen and oxygen atoms in total. The van der Waals surface area contributed by atoms with E-state index in [4.69, 9.17) is 11.6 Å². The van der Waals surface area contributed by atoms with Gasteiger partial charge >= 0.3 is 0 Å². The first kappa shape index (κ1) is 13.9. The number of nitrogens with zero attached hydrogens (tertiary/aromatic N) is 4. The van der Waals surface area contributed by atoms with E-state index < -0.39 is 4.92 Å². The van der Waals surface area contributed by atoms with Crippen molar-refractivity contribution in [2.45, 2.75) is 6.92 Å². The van der Waals surface area contributed by atoms with Crippen LogP contribution in [0.4, 0.5) is 11.5 Å². The quantitative estimate of drug-likeness (QED) is 0.531. The summed E-state index contributed by atoms with van der Waals surface area (Å²) in [5.74, 6) is 0.343. The molecule has 2 rings (SSSR count). The zero-order valence-corrected chi connectivity index (χ0v) is 11.2. The van der Waals surface area contributed by atoms with E-state index in [1.807, 2.05) is 0 Å². The monoisotopic (exact) mass is 291 g/mol. The van der Waals surface area contributed by atoms with Gasteiger partial charge < -0.3 is 0 Å². The number of aromatic nitrogens is 2. The summed E-state index contributed by atoms with van der Waals surface area (Å²) in [6, 6.07) is 6.08. The second-order valence-electron chi connectivity index (χ2n) is 3.81. The number of hydrogen-bond acceptors (Lipinski definition) is 6. The van der Waals surface area contributed by atoms with Crippen LogP contribution in [-0.4, -0.2) is 20.6 Å². The van der Waals surface area contributed by atoms with E-state index in [0.29, 0.717) is 11.5 Å². The predicted octanol–water partition coefficient (Wildman–Crippen LogP) is 2.87. The molecule has 0 aliphatic carbocycles. The molecule has 0 bridgehead atoms. The first-order chi connectivity index (χ1) is 9.58. The SMILES string of the molecule is C/C(=N\Nc1nccnc1Cl)c1ccc([N+](=O)[O-])cc1. The van der Waals surface area contributed by atoms with E-state index in [0.717, 1.165) is 5.56 Å². The Labute approximate surface area is 119 Å². The van der Waals surface area contributed by atoms with Crippen molar-refractivity contribution in [2.24, 2.45) is 5.10 Å². The van der Waals surface area contributed by atoms with Crippen LogP contribution in [0.3, 0.4) is 0 Å². The third kappa shape index (κ3) is 3.27. The number of nitrogens with one attached hydrogen (secondary N) is 1. The van der Waals surface area contributed by atoms with E-state index >= 15 is 0 Å². The predicted molar refractivity (Wildman–Crippen MR) is 76.0 cm³/mol. The summed E-state index contributed by atoms with van der Waals surface area (Å²) in [7, 11) is 0. The number of hydrazone groups is 1. The number of anilines is 1. The fourth-order valence-electron chi connectivity index (χ4n) is 1.42. The number of non-ortho nitro benzene ring substituents is 1. The van der Waals surface area contributed by atoms with Gasteiger partial charge in [0, 0.05) is 24.5 Å². The molecular weight excluding hydrogens is 282 g/mol. The second kappa shape index (κ2) is 6.07. The molecule has 20 heavy (non-hydrogen) atoms. The molecule has 0 fully saturated rings. The van der Waals surface area contributed by atoms with Crippen LogP contribution in [0.15, 0.2) is 41.8 Å². The lowest BCUT2D eigenvalue weighted by Gasteiger charge is -2.03. The minimum absolute atomic E-state index is 0.0338. The van der Waals surface area contributed by atoms with Crippen LogP contribution >= 0.6 is 11.6 Å². The molecule has 0 amide bonds. The van der Waals surface area contributed by atoms with Gasteiger partial charge in [-0.3, -0.25) is 15.5 Å². The molecule has 1 heterocycles. The Kier molecular flexibility index (Phi) is 4.21. The van der Waals surface area contributed by atoms with Gasteiger partial charge in [-0.2, -0.15) is 5.10 Å². The molecule has 0 saturated carbocycles. The average Bonchev–Trinajstić information content (AvgIpc) is 2.46. The maximum Gasteiger partial charge on any atom is 0.269 e. The zero-order valence-electron chi connectivity index (χ0n) is 10.4. The Bertz CT molecular complexity index is 657. The van der Waals surface area contributed by atoms with Gasteiger partial charge in [-0.15, -0.1) is 0 Å². The van der Waals surface area contributed by atoms with Gasteiger partial charge in [0.25, 0.3) is 5.69 Å². The molecule has 8 heteroatoms. The fourth-order valence-corrected chi connectivity index (χ4v) is 1.57. The van der Waals surface area contributed by atoms with Crippen LogP contribution in [0.1, 0.15) is 12.5 Å². The summed E-state index contributed by atoms with van der Waals surface area (Å²) in [6.45, 7) is 1.76. The van der Waals surface area contributed by atoms with Gasteiger partial charge in [-0.25, -0.2) is 9.97 Å². The number of halogens is 1. The Morgan fingerprint density at radius 3 is 2.55 bits per heavy atom. The highest BCUT2D eigenvalue weighted by molar-refractivity contribution is 6.31. The summed E-state index contributed by atoms with van der Waals surface area (Å²) >= 11 is 5.83. The van der Waals surface area contributed by atoms with Crippen molar-refractivity contribution in [1.82, 2.24) is 9.97 Å². The molecule has 1 aromatic heterocycles. The van der Waals surface area contributed by atoms with E-state index in [1.54, 1.807) is 19.1 Å². The molecule has 102 valence electrons. The Hall–Kier alpha value is -2.54. The topological polar surface area (TPSA) is 93.3 Å². The highest BCUT2D eigenvalue weighted by atomic mass is 35.5. The lowest BCUT2D eigenvalue weighted by Crippen LogP contribution is -2.02. The number of nitro benzene ring substituents is 1. The molecule has 1 N–H and O–H groups in total. The zero-order chi connectivity index (χ0) is 14.5. The lowest BCUT2D eigenvalue weighted by atomic mass is 10.1. The van der Waals surface area contributed by atoms with Crippen molar-refractivity contribution in [3.63, 3.8) is 0 Å². The van der Waals surface area contributed by atoms with Crippen molar-refractivity contribution >= 4 is 28.8 Å². The van der Waals surface area contributed by atoms with Gasteiger partial charge in [0.05, 0.1) is 10.6 Å². The minimum Gasteiger partial charge on any atom is -0.259 e. The molecule has 0 spiro atoms. The van der Waals surface area contributed by atoms with Gasteiger partial charge in [-0.05, 0) is 24.6 Å². The van der Waals surface area contributed by atoms with E-state index in [9.17, 15) is 10.1 Å². The summed E-state index contributed by atoms with van der Waals surface area (Å²) in [4.78, 5) is 17.9. The van der Waals surface area contributed by atoms with E-state index in [-0.39, 0.29) is 10.8 Å². The first-order valence-corrected chi connectivity index (χ1v) is 5.97. The summed E-state index contributed by atoms with van der Waals surface area (Å²) in [5, 5.41) is 14.9. The number of nitro groups is 1. The van der Waals surface area contributed by atoms with Crippen LogP contribution in [0.5, 0.6) is 0 Å². The first-order valence-electron chi connectivity index (χ1n) is 5.59. The molecule has 2 aromatic rings. The largest absolute Gasteiger partial charge is 0.269 e. The summed E-state index contributed by atoms with van der Waals surface area (Å²) in [5.41, 5.74) is 4.12. The van der Waals surface area contributed by atoms with E-state index in [1.165, 1.54) is 24.5 Å². The maximum absolute atomic E-state index is 10.6. The molecule has 0 aliphatic heterocycles. The van der Waals surface area contributed by atoms with Gasteiger partial charge in [0.15, 0.2) is 11.0 Å². The molecule has 0 saturated heterocycles. The fraction of sp³-hybridized carbons (Fsp3) is 0.0833. The van der Waals surface area contributed by atoms with Gasteiger partial charge in [-0.1, -0.05) is 11.6 Å². The van der Waals surface area contributed by atoms with Gasteiger partial charge in [0.1, 0.15) is 0 Å². The van der Waals surface area contributed by atoms with Crippen molar-refractivity contribution in [2.75, 3.05) is 5.43 Å². The minimum atomic E-state index is -0.451. The standard InChI is InChI=1S/C12H10ClN5O2/c1-8(9-2-4-10(5-3-9)18(19)20)16-17-12-11(13)14-6-7-15-12/h2-7H,1H3,(H,15,17)/b16-8+. The van der Waals surface area contributed by atoms with Crippen LogP contribution in [0.25, 0.3) is 0 Å². The number of hydrogen-bond donors (Lipinski definition) is 1. The average molecular weight is 292 g/mol. The van der Waals surface area contributed by atoms with E-state index in [2.05, 4.69) is 20.5 Å². The summed E-state index contributed by atoms with van der Waals surface area (Å²) in [6.07, 6.45) is 2.96. The Balaban J connectivity index is 2.14. The van der Waals surface area contributed by atoms with Crippen molar-refractivity contribution in [3.8, 4) is 0 Å². The highest BCUT2D eigenvalue weighted by Gasteiger charge is 2.06. The second-order valence-corrected chi connectivity index (χ2v) is 4.17. The van der Waals surface area contributed by atoms with Crippen molar-refractivity contribution in [1.29, 1.82) is 0 Å². The third-order valence-electron chi connectivity index (χ3n) is 2.48. The highest BCUT2D eigenvalue weighted by Crippen LogP contribution is 2.15. The van der Waals surface area contributed by atoms with Crippen LogP contribution in [0, 0.1) is 10.1 Å². The van der Waals surface area contributed by atoms with Crippen molar-refractivity contribution in [3.05, 3.63) is 57.5 Å². The van der Waals surface area contributed by atoms with Crippen molar-refractivity contribution < 1.29 is 4.92 Å². The third-order valence-corrected chi connectivity index (χ3v) is 2.76. The van der Waals surface area contributed by atoms with Crippen LogP contribution < -0.4 is 5.43 Å².